The molecule has 1 aliphatic rings. The molecule has 0 saturated carbocycles. The minimum absolute atomic E-state index is 0.0113. The van der Waals surface area contributed by atoms with E-state index in [0.717, 1.165) is 31.8 Å². The normalized spacial score (nSPS) is 18.4. The molecule has 1 heterocycles. The van der Waals surface area contributed by atoms with E-state index in [1.165, 1.54) is 6.42 Å². The SMILES string of the molecule is CCC1CCN(C(=O)NC(CC(=O)O)CC(C)(C)C)CC1. The number of carbonyl (C=O) groups is 2. The number of piperidine rings is 1. The number of likely N-dealkylation sites (tertiary alicyclic amines) is 1. The molecule has 1 fully saturated rings. The summed E-state index contributed by atoms with van der Waals surface area (Å²) >= 11 is 0. The molecule has 2 amide bonds. The summed E-state index contributed by atoms with van der Waals surface area (Å²) in [5.74, 6) is -0.146. The predicted octanol–water partition coefficient (Wildman–Crippen LogP) is 3.10. The summed E-state index contributed by atoms with van der Waals surface area (Å²) in [4.78, 5) is 25.1. The number of carboxylic acid groups (broad SMARTS) is 1. The van der Waals surface area contributed by atoms with E-state index in [9.17, 15) is 9.59 Å². The molecule has 1 saturated heterocycles. The van der Waals surface area contributed by atoms with Gasteiger partial charge in [0.05, 0.1) is 6.42 Å². The fourth-order valence-electron chi connectivity index (χ4n) is 2.93. The van der Waals surface area contributed by atoms with Gasteiger partial charge in [-0.05, 0) is 30.6 Å². The summed E-state index contributed by atoms with van der Waals surface area (Å²) in [6.07, 6.45) is 3.91. The summed E-state index contributed by atoms with van der Waals surface area (Å²) in [7, 11) is 0. The summed E-state index contributed by atoms with van der Waals surface area (Å²) in [5, 5.41) is 11.9. The molecule has 0 spiro atoms. The summed E-state index contributed by atoms with van der Waals surface area (Å²) in [6.45, 7) is 9.91. The first-order valence-corrected chi connectivity index (χ1v) is 7.98. The first-order valence-electron chi connectivity index (χ1n) is 7.98. The second kappa shape index (κ2) is 7.66. The maximum atomic E-state index is 12.3. The van der Waals surface area contributed by atoms with Gasteiger partial charge in [0.2, 0.25) is 0 Å². The standard InChI is InChI=1S/C16H30N2O3/c1-5-12-6-8-18(9-7-12)15(21)17-13(10-14(19)20)11-16(2,3)4/h12-13H,5-11H2,1-4H3,(H,17,21)(H,19,20). The predicted molar refractivity (Wildman–Crippen MR) is 83.2 cm³/mol. The molecule has 5 nitrogen and oxygen atoms in total. The second-order valence-electron chi connectivity index (χ2n) is 7.35. The molecule has 21 heavy (non-hydrogen) atoms. The average Bonchev–Trinajstić information content (AvgIpc) is 2.36. The van der Waals surface area contributed by atoms with Crippen LogP contribution in [-0.2, 0) is 4.79 Å². The van der Waals surface area contributed by atoms with E-state index in [-0.39, 0.29) is 23.9 Å². The van der Waals surface area contributed by atoms with Gasteiger partial charge in [0.1, 0.15) is 0 Å². The van der Waals surface area contributed by atoms with Crippen LogP contribution in [0.15, 0.2) is 0 Å². The first-order chi connectivity index (χ1) is 9.71. The topological polar surface area (TPSA) is 69.6 Å². The van der Waals surface area contributed by atoms with Gasteiger partial charge in [-0.15, -0.1) is 0 Å². The van der Waals surface area contributed by atoms with Crippen LogP contribution >= 0.6 is 0 Å². The van der Waals surface area contributed by atoms with Gasteiger partial charge in [-0.1, -0.05) is 34.1 Å². The molecule has 0 aromatic rings. The number of amides is 2. The summed E-state index contributed by atoms with van der Waals surface area (Å²) in [6, 6.07) is -0.418. The third-order valence-electron chi connectivity index (χ3n) is 4.09. The van der Waals surface area contributed by atoms with Crippen LogP contribution in [0.3, 0.4) is 0 Å². The molecule has 0 aromatic heterocycles. The van der Waals surface area contributed by atoms with Crippen LogP contribution in [0.1, 0.15) is 59.8 Å². The number of hydrogen-bond donors (Lipinski definition) is 2. The number of aliphatic carboxylic acids is 1. The van der Waals surface area contributed by atoms with Crippen LogP contribution in [0.5, 0.6) is 0 Å². The maximum absolute atomic E-state index is 12.3. The fourth-order valence-corrected chi connectivity index (χ4v) is 2.93. The number of nitrogens with zero attached hydrogens (tertiary/aromatic N) is 1. The Kier molecular flexibility index (Phi) is 6.49. The lowest BCUT2D eigenvalue weighted by atomic mass is 9.87. The van der Waals surface area contributed by atoms with Crippen molar-refractivity contribution in [1.29, 1.82) is 0 Å². The van der Waals surface area contributed by atoms with Crippen molar-refractivity contribution in [2.75, 3.05) is 13.1 Å². The molecule has 1 atom stereocenters. The van der Waals surface area contributed by atoms with Crippen molar-refractivity contribution in [3.8, 4) is 0 Å². The molecule has 1 rings (SSSR count). The van der Waals surface area contributed by atoms with Crippen molar-refractivity contribution < 1.29 is 14.7 Å². The molecule has 0 aliphatic carbocycles. The third kappa shape index (κ3) is 6.82. The van der Waals surface area contributed by atoms with Gasteiger partial charge < -0.3 is 15.3 Å². The van der Waals surface area contributed by atoms with E-state index >= 15 is 0 Å². The van der Waals surface area contributed by atoms with Crippen LogP contribution in [-0.4, -0.2) is 41.1 Å². The first kappa shape index (κ1) is 17.8. The number of hydrogen-bond acceptors (Lipinski definition) is 2. The van der Waals surface area contributed by atoms with E-state index in [2.05, 4.69) is 33.0 Å². The molecule has 122 valence electrons. The molecule has 0 bridgehead atoms. The Morgan fingerprint density at radius 3 is 2.29 bits per heavy atom. The number of carbonyl (C=O) groups excluding carboxylic acids is 1. The van der Waals surface area contributed by atoms with Gasteiger partial charge >= 0.3 is 12.0 Å². The molecule has 5 heteroatoms. The van der Waals surface area contributed by atoms with Crippen LogP contribution in [0.2, 0.25) is 0 Å². The van der Waals surface area contributed by atoms with E-state index in [1.54, 1.807) is 0 Å². The highest BCUT2D eigenvalue weighted by atomic mass is 16.4. The van der Waals surface area contributed by atoms with E-state index < -0.39 is 5.97 Å². The zero-order valence-corrected chi connectivity index (χ0v) is 13.8. The molecular weight excluding hydrogens is 268 g/mol. The highest BCUT2D eigenvalue weighted by Crippen LogP contribution is 2.23. The van der Waals surface area contributed by atoms with Crippen molar-refractivity contribution in [2.45, 2.75) is 65.8 Å². The fraction of sp³-hybridized carbons (Fsp3) is 0.875. The Morgan fingerprint density at radius 2 is 1.86 bits per heavy atom. The Labute approximate surface area is 128 Å². The minimum atomic E-state index is -0.866. The van der Waals surface area contributed by atoms with Gasteiger partial charge in [0, 0.05) is 19.1 Å². The van der Waals surface area contributed by atoms with Gasteiger partial charge in [-0.25, -0.2) is 4.79 Å². The second-order valence-corrected chi connectivity index (χ2v) is 7.35. The van der Waals surface area contributed by atoms with Gasteiger partial charge in [-0.2, -0.15) is 0 Å². The van der Waals surface area contributed by atoms with Gasteiger partial charge in [0.25, 0.3) is 0 Å². The third-order valence-corrected chi connectivity index (χ3v) is 4.09. The van der Waals surface area contributed by atoms with E-state index in [0.29, 0.717) is 6.42 Å². The molecule has 2 N–H and O–H groups in total. The molecule has 0 aromatic carbocycles. The monoisotopic (exact) mass is 298 g/mol. The Bertz CT molecular complexity index is 355. The summed E-state index contributed by atoms with van der Waals surface area (Å²) < 4.78 is 0. The number of rotatable bonds is 5. The number of carboxylic acids is 1. The molecule has 0 radical (unpaired) electrons. The van der Waals surface area contributed by atoms with Crippen molar-refractivity contribution in [3.05, 3.63) is 0 Å². The molecular formula is C16H30N2O3. The largest absolute Gasteiger partial charge is 0.481 e. The molecule has 1 unspecified atom stereocenters. The zero-order valence-electron chi connectivity index (χ0n) is 13.8. The lowest BCUT2D eigenvalue weighted by Crippen LogP contribution is -2.49. The Morgan fingerprint density at radius 1 is 1.29 bits per heavy atom. The highest BCUT2D eigenvalue weighted by molar-refractivity contribution is 5.76. The minimum Gasteiger partial charge on any atom is -0.481 e. The molecule has 1 aliphatic heterocycles. The Hall–Kier alpha value is -1.26. The lowest BCUT2D eigenvalue weighted by molar-refractivity contribution is -0.137. The number of urea groups is 1. The summed E-state index contributed by atoms with van der Waals surface area (Å²) in [5.41, 5.74) is -0.0113. The van der Waals surface area contributed by atoms with Gasteiger partial charge in [0.15, 0.2) is 0 Å². The average molecular weight is 298 g/mol. The maximum Gasteiger partial charge on any atom is 0.317 e. The van der Waals surface area contributed by atoms with Crippen molar-refractivity contribution in [2.24, 2.45) is 11.3 Å². The quantitative estimate of drug-likeness (QED) is 0.819. The van der Waals surface area contributed by atoms with Crippen LogP contribution < -0.4 is 5.32 Å². The van der Waals surface area contributed by atoms with E-state index in [4.69, 9.17) is 5.11 Å². The Balaban J connectivity index is 2.53. The van der Waals surface area contributed by atoms with Crippen molar-refractivity contribution >= 4 is 12.0 Å². The van der Waals surface area contributed by atoms with Crippen LogP contribution in [0, 0.1) is 11.3 Å². The lowest BCUT2D eigenvalue weighted by Gasteiger charge is -2.33. The highest BCUT2D eigenvalue weighted by Gasteiger charge is 2.26. The van der Waals surface area contributed by atoms with Gasteiger partial charge in [-0.3, -0.25) is 4.79 Å². The van der Waals surface area contributed by atoms with E-state index in [1.807, 2.05) is 4.90 Å². The smallest absolute Gasteiger partial charge is 0.317 e. The van der Waals surface area contributed by atoms with Crippen LogP contribution in [0.4, 0.5) is 4.79 Å². The van der Waals surface area contributed by atoms with Crippen molar-refractivity contribution in [1.82, 2.24) is 10.2 Å². The zero-order chi connectivity index (χ0) is 16.0. The number of nitrogens with one attached hydrogen (secondary N) is 1. The van der Waals surface area contributed by atoms with Crippen molar-refractivity contribution in [3.63, 3.8) is 0 Å². The van der Waals surface area contributed by atoms with Crippen LogP contribution in [0.25, 0.3) is 0 Å².